The van der Waals surface area contributed by atoms with E-state index in [0.717, 1.165) is 12.8 Å². The highest BCUT2D eigenvalue weighted by Crippen LogP contribution is 2.44. The van der Waals surface area contributed by atoms with E-state index in [0.29, 0.717) is 6.04 Å². The van der Waals surface area contributed by atoms with Gasteiger partial charge in [-0.05, 0) is 18.4 Å². The molecule has 1 aliphatic carbocycles. The number of likely N-dealkylation sites (tertiary alicyclic amines) is 1. The Bertz CT molecular complexity index is 528. The average molecular weight is 281 g/mol. The third-order valence-corrected chi connectivity index (χ3v) is 4.74. The fourth-order valence-corrected chi connectivity index (χ4v) is 3.71. The molecule has 2 heteroatoms. The van der Waals surface area contributed by atoms with Gasteiger partial charge in [-0.25, -0.2) is 0 Å². The van der Waals surface area contributed by atoms with Crippen molar-refractivity contribution < 1.29 is 4.79 Å². The van der Waals surface area contributed by atoms with Gasteiger partial charge >= 0.3 is 0 Å². The molecule has 2 atom stereocenters. The molecule has 0 radical (unpaired) electrons. The maximum absolute atomic E-state index is 12.6. The van der Waals surface area contributed by atoms with E-state index in [1.54, 1.807) is 6.08 Å². The summed E-state index contributed by atoms with van der Waals surface area (Å²) in [6, 6.07) is 11.1. The second-order valence-corrected chi connectivity index (χ2v) is 6.04. The quantitative estimate of drug-likeness (QED) is 0.596. The number of hydrogen-bond acceptors (Lipinski definition) is 1. The van der Waals surface area contributed by atoms with Gasteiger partial charge in [0.1, 0.15) is 0 Å². The summed E-state index contributed by atoms with van der Waals surface area (Å²) in [5.74, 6) is 0.265. The van der Waals surface area contributed by atoms with Gasteiger partial charge in [0.05, 0.1) is 12.0 Å². The minimum absolute atomic E-state index is 0.0210. The molecule has 1 aromatic carbocycles. The van der Waals surface area contributed by atoms with Crippen molar-refractivity contribution in [2.45, 2.75) is 44.2 Å². The van der Waals surface area contributed by atoms with Gasteiger partial charge in [-0.2, -0.15) is 0 Å². The highest BCUT2D eigenvalue weighted by atomic mass is 16.2. The summed E-state index contributed by atoms with van der Waals surface area (Å²) in [5, 5.41) is 0. The second kappa shape index (κ2) is 6.30. The number of nitrogens with zero attached hydrogens (tertiary/aromatic N) is 1. The molecule has 0 bridgehead atoms. The van der Waals surface area contributed by atoms with Crippen molar-refractivity contribution in [1.82, 2.24) is 4.90 Å². The first-order valence-corrected chi connectivity index (χ1v) is 7.99. The normalized spacial score (nSPS) is 26.9. The fourth-order valence-electron chi connectivity index (χ4n) is 3.71. The summed E-state index contributed by atoms with van der Waals surface area (Å²) in [4.78, 5) is 14.7. The lowest BCUT2D eigenvalue weighted by Crippen LogP contribution is -2.58. The molecule has 0 aromatic heterocycles. The zero-order valence-electron chi connectivity index (χ0n) is 12.4. The molecule has 1 saturated carbocycles. The lowest BCUT2D eigenvalue weighted by molar-refractivity contribution is -0.159. The summed E-state index contributed by atoms with van der Waals surface area (Å²) in [6.07, 6.45) is 11.8. The van der Waals surface area contributed by atoms with E-state index in [1.807, 2.05) is 18.2 Å². The Hall–Kier alpha value is -1.83. The van der Waals surface area contributed by atoms with E-state index < -0.39 is 0 Å². The lowest BCUT2D eigenvalue weighted by Gasteiger charge is -2.51. The summed E-state index contributed by atoms with van der Waals surface area (Å²) in [5.41, 5.74) is 1.25. The molecule has 110 valence electrons. The summed E-state index contributed by atoms with van der Waals surface area (Å²) in [6.45, 7) is 3.71. The fraction of sp³-hybridized carbons (Fsp3) is 0.421. The van der Waals surface area contributed by atoms with E-state index >= 15 is 0 Å². The lowest BCUT2D eigenvalue weighted by atomic mass is 9.78. The molecule has 21 heavy (non-hydrogen) atoms. The van der Waals surface area contributed by atoms with Crippen LogP contribution in [-0.4, -0.2) is 16.8 Å². The smallest absolute Gasteiger partial charge is 0.232 e. The molecule has 0 N–H and O–H groups in total. The predicted octanol–water partition coefficient (Wildman–Crippen LogP) is 4.26. The van der Waals surface area contributed by atoms with E-state index in [9.17, 15) is 4.79 Å². The van der Waals surface area contributed by atoms with Crippen LogP contribution in [0.5, 0.6) is 0 Å². The Kier molecular flexibility index (Phi) is 4.23. The Morgan fingerprint density at radius 3 is 2.48 bits per heavy atom. The number of rotatable bonds is 4. The van der Waals surface area contributed by atoms with Gasteiger partial charge in [-0.1, -0.05) is 74.4 Å². The zero-order chi connectivity index (χ0) is 14.7. The molecule has 1 aromatic rings. The Labute approximate surface area is 127 Å². The molecule has 3 rings (SSSR count). The van der Waals surface area contributed by atoms with Crippen LogP contribution in [0, 0.1) is 5.92 Å². The SMILES string of the molecule is C=C/C=C/[C@H]1C(=O)N(C2CCCCC2)[C@H]1c1ccccc1. The van der Waals surface area contributed by atoms with Crippen molar-refractivity contribution in [3.05, 3.63) is 60.7 Å². The molecule has 2 fully saturated rings. The standard InChI is InChI=1S/C19H23NO/c1-2-3-14-17-18(15-10-6-4-7-11-15)20(19(17)21)16-12-8-5-9-13-16/h2-4,6-7,10-11,14,16-18H,1,5,8-9,12-13H2/b14-3+/t17-,18+/m1/s1. The molecule has 0 spiro atoms. The van der Waals surface area contributed by atoms with Crippen molar-refractivity contribution in [2.75, 3.05) is 0 Å². The van der Waals surface area contributed by atoms with Crippen LogP contribution < -0.4 is 0 Å². The van der Waals surface area contributed by atoms with Crippen molar-refractivity contribution in [3.63, 3.8) is 0 Å². The number of benzene rings is 1. The van der Waals surface area contributed by atoms with Gasteiger partial charge in [-0.3, -0.25) is 4.79 Å². The molecule has 1 heterocycles. The van der Waals surface area contributed by atoms with Gasteiger partial charge in [0.2, 0.25) is 5.91 Å². The number of hydrogen-bond donors (Lipinski definition) is 0. The zero-order valence-corrected chi connectivity index (χ0v) is 12.4. The van der Waals surface area contributed by atoms with Crippen molar-refractivity contribution in [1.29, 1.82) is 0 Å². The topological polar surface area (TPSA) is 20.3 Å². The first-order chi connectivity index (χ1) is 10.3. The molecular weight excluding hydrogens is 258 g/mol. The Balaban J connectivity index is 1.86. The summed E-state index contributed by atoms with van der Waals surface area (Å²) < 4.78 is 0. The van der Waals surface area contributed by atoms with Crippen LogP contribution in [0.4, 0.5) is 0 Å². The van der Waals surface area contributed by atoms with Crippen molar-refractivity contribution >= 4 is 5.91 Å². The third kappa shape index (κ3) is 2.67. The van der Waals surface area contributed by atoms with Crippen molar-refractivity contribution in [2.24, 2.45) is 5.92 Å². The molecule has 1 amide bonds. The highest BCUT2D eigenvalue weighted by Gasteiger charge is 2.49. The first-order valence-electron chi connectivity index (χ1n) is 7.99. The first kappa shape index (κ1) is 14.1. The Morgan fingerprint density at radius 1 is 1.10 bits per heavy atom. The van der Waals surface area contributed by atoms with E-state index in [2.05, 4.69) is 35.7 Å². The van der Waals surface area contributed by atoms with Crippen LogP contribution in [0.1, 0.15) is 43.7 Å². The van der Waals surface area contributed by atoms with Crippen LogP contribution in [-0.2, 0) is 4.79 Å². The molecule has 0 unspecified atom stereocenters. The van der Waals surface area contributed by atoms with Gasteiger partial charge < -0.3 is 4.90 Å². The van der Waals surface area contributed by atoms with Crippen LogP contribution in [0.2, 0.25) is 0 Å². The van der Waals surface area contributed by atoms with Crippen molar-refractivity contribution in [3.8, 4) is 0 Å². The molecule has 1 saturated heterocycles. The Morgan fingerprint density at radius 2 is 1.81 bits per heavy atom. The number of amides is 1. The predicted molar refractivity (Wildman–Crippen MR) is 85.7 cm³/mol. The number of β-lactam (4-membered cyclic amide) rings is 1. The van der Waals surface area contributed by atoms with Gasteiger partial charge in [0.15, 0.2) is 0 Å². The van der Waals surface area contributed by atoms with Gasteiger partial charge in [-0.15, -0.1) is 0 Å². The maximum Gasteiger partial charge on any atom is 0.232 e. The monoisotopic (exact) mass is 281 g/mol. The van der Waals surface area contributed by atoms with Crippen LogP contribution in [0.15, 0.2) is 55.1 Å². The minimum Gasteiger partial charge on any atom is -0.331 e. The van der Waals surface area contributed by atoms with Crippen LogP contribution in [0.3, 0.4) is 0 Å². The van der Waals surface area contributed by atoms with E-state index in [4.69, 9.17) is 0 Å². The third-order valence-electron chi connectivity index (χ3n) is 4.74. The minimum atomic E-state index is -0.0210. The van der Waals surface area contributed by atoms with E-state index in [1.165, 1.54) is 24.8 Å². The molecule has 2 aliphatic rings. The van der Waals surface area contributed by atoms with Crippen LogP contribution in [0.25, 0.3) is 0 Å². The van der Waals surface area contributed by atoms with Crippen LogP contribution >= 0.6 is 0 Å². The van der Waals surface area contributed by atoms with E-state index in [-0.39, 0.29) is 17.9 Å². The highest BCUT2D eigenvalue weighted by molar-refractivity contribution is 5.88. The molecule has 1 aliphatic heterocycles. The van der Waals surface area contributed by atoms with Gasteiger partial charge in [0, 0.05) is 6.04 Å². The number of carbonyl (C=O) groups excluding carboxylic acids is 1. The number of allylic oxidation sites excluding steroid dienone is 2. The summed E-state index contributed by atoms with van der Waals surface area (Å²) >= 11 is 0. The maximum atomic E-state index is 12.6. The average Bonchev–Trinajstić information content (AvgIpc) is 2.54. The van der Waals surface area contributed by atoms with Gasteiger partial charge in [0.25, 0.3) is 0 Å². The second-order valence-electron chi connectivity index (χ2n) is 6.04. The molecule has 2 nitrogen and oxygen atoms in total. The largest absolute Gasteiger partial charge is 0.331 e. The summed E-state index contributed by atoms with van der Waals surface area (Å²) in [7, 11) is 0. The number of carbonyl (C=O) groups is 1. The molecular formula is C19H23NO.